The lowest BCUT2D eigenvalue weighted by atomic mass is 9.72. The molecule has 0 aromatic carbocycles. The number of nitrogens with zero attached hydrogens (tertiary/aromatic N) is 3. The molecule has 6 nitrogen and oxygen atoms in total. The first-order chi connectivity index (χ1) is 10.1. The van der Waals surface area contributed by atoms with Crippen LogP contribution in [0, 0.1) is 18.3 Å². The van der Waals surface area contributed by atoms with E-state index >= 15 is 0 Å². The van der Waals surface area contributed by atoms with Crippen molar-refractivity contribution in [2.24, 2.45) is 11.3 Å². The van der Waals surface area contributed by atoms with Gasteiger partial charge in [0.1, 0.15) is 5.82 Å². The number of carboxylic acids is 1. The SMILES string of the molecule is Cc1ncc(CN2CC(C(=O)O)C3(CCOCC3)C2)cn1. The van der Waals surface area contributed by atoms with Crippen LogP contribution in [0.1, 0.15) is 24.2 Å². The Bertz CT molecular complexity index is 511. The van der Waals surface area contributed by atoms with Crippen LogP contribution in [0.2, 0.25) is 0 Å². The van der Waals surface area contributed by atoms with Gasteiger partial charge in [-0.25, -0.2) is 9.97 Å². The van der Waals surface area contributed by atoms with Gasteiger partial charge in [0.15, 0.2) is 0 Å². The topological polar surface area (TPSA) is 75.6 Å². The van der Waals surface area contributed by atoms with E-state index in [4.69, 9.17) is 4.74 Å². The molecule has 1 unspecified atom stereocenters. The zero-order chi connectivity index (χ0) is 14.9. The molecule has 2 fully saturated rings. The second kappa shape index (κ2) is 5.69. The summed E-state index contributed by atoms with van der Waals surface area (Å²) in [6, 6.07) is 0. The van der Waals surface area contributed by atoms with Gasteiger partial charge in [-0.3, -0.25) is 9.69 Å². The molecule has 1 N–H and O–H groups in total. The Balaban J connectivity index is 1.73. The molecule has 1 spiro atoms. The molecule has 2 saturated heterocycles. The van der Waals surface area contributed by atoms with Crippen LogP contribution >= 0.6 is 0 Å². The summed E-state index contributed by atoms with van der Waals surface area (Å²) in [6.07, 6.45) is 5.33. The minimum absolute atomic E-state index is 0.129. The average Bonchev–Trinajstić information content (AvgIpc) is 2.80. The van der Waals surface area contributed by atoms with Crippen molar-refractivity contribution in [2.75, 3.05) is 26.3 Å². The molecule has 2 aliphatic rings. The molecule has 3 heterocycles. The van der Waals surface area contributed by atoms with Crippen LogP contribution in [-0.2, 0) is 16.1 Å². The van der Waals surface area contributed by atoms with Gasteiger partial charge < -0.3 is 9.84 Å². The highest BCUT2D eigenvalue weighted by molar-refractivity contribution is 5.72. The first-order valence-corrected chi connectivity index (χ1v) is 7.39. The highest BCUT2D eigenvalue weighted by Gasteiger charge is 2.50. The van der Waals surface area contributed by atoms with Crippen molar-refractivity contribution in [3.8, 4) is 0 Å². The van der Waals surface area contributed by atoms with Crippen molar-refractivity contribution in [3.63, 3.8) is 0 Å². The van der Waals surface area contributed by atoms with Crippen molar-refractivity contribution in [2.45, 2.75) is 26.3 Å². The zero-order valence-corrected chi connectivity index (χ0v) is 12.3. The summed E-state index contributed by atoms with van der Waals surface area (Å²) in [5.41, 5.74) is 0.907. The molecule has 3 rings (SSSR count). The minimum atomic E-state index is -0.681. The lowest BCUT2D eigenvalue weighted by Crippen LogP contribution is -2.40. The molecule has 21 heavy (non-hydrogen) atoms. The van der Waals surface area contributed by atoms with E-state index in [9.17, 15) is 9.90 Å². The third-order valence-electron chi connectivity index (χ3n) is 4.75. The molecule has 1 aromatic rings. The minimum Gasteiger partial charge on any atom is -0.481 e. The maximum atomic E-state index is 11.6. The van der Waals surface area contributed by atoms with Crippen molar-refractivity contribution in [1.82, 2.24) is 14.9 Å². The fourth-order valence-electron chi connectivity index (χ4n) is 3.58. The number of aliphatic carboxylic acids is 1. The van der Waals surface area contributed by atoms with Crippen molar-refractivity contribution in [3.05, 3.63) is 23.8 Å². The second-order valence-electron chi connectivity index (χ2n) is 6.17. The van der Waals surface area contributed by atoms with E-state index < -0.39 is 5.97 Å². The Morgan fingerprint density at radius 3 is 2.71 bits per heavy atom. The van der Waals surface area contributed by atoms with Crippen LogP contribution in [0.15, 0.2) is 12.4 Å². The summed E-state index contributed by atoms with van der Waals surface area (Å²) in [5, 5.41) is 9.56. The highest BCUT2D eigenvalue weighted by atomic mass is 16.5. The van der Waals surface area contributed by atoms with E-state index in [2.05, 4.69) is 14.9 Å². The summed E-state index contributed by atoms with van der Waals surface area (Å²) < 4.78 is 5.42. The van der Waals surface area contributed by atoms with E-state index in [-0.39, 0.29) is 11.3 Å². The lowest BCUT2D eigenvalue weighted by Gasteiger charge is -2.36. The van der Waals surface area contributed by atoms with E-state index in [0.29, 0.717) is 26.3 Å². The summed E-state index contributed by atoms with van der Waals surface area (Å²) in [7, 11) is 0. The molecule has 2 aliphatic heterocycles. The fourth-order valence-corrected chi connectivity index (χ4v) is 3.58. The third kappa shape index (κ3) is 2.91. The zero-order valence-electron chi connectivity index (χ0n) is 12.3. The number of aryl methyl sites for hydroxylation is 1. The van der Waals surface area contributed by atoms with Crippen LogP contribution in [-0.4, -0.2) is 52.2 Å². The molecule has 0 amide bonds. The van der Waals surface area contributed by atoms with Gasteiger partial charge in [0.05, 0.1) is 5.92 Å². The van der Waals surface area contributed by atoms with Crippen LogP contribution in [0.5, 0.6) is 0 Å². The van der Waals surface area contributed by atoms with E-state index in [1.54, 1.807) is 0 Å². The van der Waals surface area contributed by atoms with Gasteiger partial charge in [-0.05, 0) is 19.8 Å². The van der Waals surface area contributed by atoms with E-state index in [1.165, 1.54) is 0 Å². The maximum Gasteiger partial charge on any atom is 0.308 e. The van der Waals surface area contributed by atoms with Crippen LogP contribution in [0.3, 0.4) is 0 Å². The standard InChI is InChI=1S/C15H21N3O3/c1-11-16-6-12(7-17-11)8-18-9-13(14(19)20)15(10-18)2-4-21-5-3-15/h6-7,13H,2-5,8-10H2,1H3,(H,19,20). The predicted molar refractivity (Wildman–Crippen MR) is 75.7 cm³/mol. The molecule has 6 heteroatoms. The van der Waals surface area contributed by atoms with E-state index in [1.807, 2.05) is 19.3 Å². The Morgan fingerprint density at radius 1 is 1.43 bits per heavy atom. The number of hydrogen-bond donors (Lipinski definition) is 1. The fraction of sp³-hybridized carbons (Fsp3) is 0.667. The molecule has 1 atom stereocenters. The van der Waals surface area contributed by atoms with Crippen molar-refractivity contribution < 1.29 is 14.6 Å². The number of carboxylic acid groups (broad SMARTS) is 1. The maximum absolute atomic E-state index is 11.6. The first kappa shape index (κ1) is 14.4. The van der Waals surface area contributed by atoms with Gasteiger partial charge in [0, 0.05) is 56.2 Å². The molecule has 0 saturated carbocycles. The normalized spacial score (nSPS) is 25.3. The summed E-state index contributed by atoms with van der Waals surface area (Å²) in [6.45, 7) is 5.34. The van der Waals surface area contributed by atoms with Crippen LogP contribution < -0.4 is 0 Å². The summed E-state index contributed by atoms with van der Waals surface area (Å²) in [4.78, 5) is 22.3. The number of aromatic nitrogens is 2. The van der Waals surface area contributed by atoms with Crippen LogP contribution in [0.25, 0.3) is 0 Å². The molecule has 114 valence electrons. The van der Waals surface area contributed by atoms with Gasteiger partial charge in [-0.15, -0.1) is 0 Å². The number of rotatable bonds is 3. The summed E-state index contributed by atoms with van der Waals surface area (Å²) >= 11 is 0. The number of carbonyl (C=O) groups is 1. The van der Waals surface area contributed by atoms with Crippen LogP contribution in [0.4, 0.5) is 0 Å². The van der Waals surface area contributed by atoms with E-state index in [0.717, 1.165) is 30.8 Å². The second-order valence-corrected chi connectivity index (χ2v) is 6.17. The number of hydrogen-bond acceptors (Lipinski definition) is 5. The van der Waals surface area contributed by atoms with Gasteiger partial charge in [0.2, 0.25) is 0 Å². The van der Waals surface area contributed by atoms with Gasteiger partial charge in [-0.1, -0.05) is 0 Å². The molecular weight excluding hydrogens is 270 g/mol. The molecule has 1 aromatic heterocycles. The monoisotopic (exact) mass is 291 g/mol. The molecular formula is C15H21N3O3. The number of likely N-dealkylation sites (tertiary alicyclic amines) is 1. The van der Waals surface area contributed by atoms with Gasteiger partial charge in [-0.2, -0.15) is 0 Å². The first-order valence-electron chi connectivity index (χ1n) is 7.39. The Hall–Kier alpha value is -1.53. The predicted octanol–water partition coefficient (Wildman–Crippen LogP) is 1.10. The van der Waals surface area contributed by atoms with Gasteiger partial charge in [0.25, 0.3) is 0 Å². The van der Waals surface area contributed by atoms with Gasteiger partial charge >= 0.3 is 5.97 Å². The Morgan fingerprint density at radius 2 is 2.10 bits per heavy atom. The summed E-state index contributed by atoms with van der Waals surface area (Å²) in [5.74, 6) is -0.225. The van der Waals surface area contributed by atoms with Crippen molar-refractivity contribution in [1.29, 1.82) is 0 Å². The molecule has 0 radical (unpaired) electrons. The lowest BCUT2D eigenvalue weighted by molar-refractivity contribution is -0.146. The highest BCUT2D eigenvalue weighted by Crippen LogP contribution is 2.44. The molecule has 0 aliphatic carbocycles. The largest absolute Gasteiger partial charge is 0.481 e. The van der Waals surface area contributed by atoms with Crippen molar-refractivity contribution >= 4 is 5.97 Å². The third-order valence-corrected chi connectivity index (χ3v) is 4.75. The average molecular weight is 291 g/mol. The Labute approximate surface area is 124 Å². The smallest absolute Gasteiger partial charge is 0.308 e. The molecule has 0 bridgehead atoms. The number of ether oxygens (including phenoxy) is 1. The quantitative estimate of drug-likeness (QED) is 0.898. The Kier molecular flexibility index (Phi) is 3.91.